The number of carbonyl (C=O) groups excluding carboxylic acids is 1. The summed E-state index contributed by atoms with van der Waals surface area (Å²) in [4.78, 5) is 12.9. The van der Waals surface area contributed by atoms with Gasteiger partial charge in [-0.1, -0.05) is 0 Å². The smallest absolute Gasteiger partial charge is 0.373 e. The summed E-state index contributed by atoms with van der Waals surface area (Å²) in [6.07, 6.45) is 0. The topological polar surface area (TPSA) is 90.5 Å². The fraction of sp³-hybridized carbons (Fsp3) is 0.389. The van der Waals surface area contributed by atoms with Crippen LogP contribution in [0.25, 0.3) is 0 Å². The van der Waals surface area contributed by atoms with Gasteiger partial charge in [0.25, 0.3) is 0 Å². The Balaban J connectivity index is 1.59. The zero-order chi connectivity index (χ0) is 19.4. The van der Waals surface area contributed by atoms with Gasteiger partial charge in [-0.05, 0) is 36.4 Å². The van der Waals surface area contributed by atoms with Crippen LogP contribution in [-0.4, -0.2) is 59.1 Å². The zero-order valence-corrected chi connectivity index (χ0v) is 16.1. The maximum Gasteiger partial charge on any atom is 0.373 e. The van der Waals surface area contributed by atoms with Gasteiger partial charge in [0.1, 0.15) is 12.3 Å². The minimum absolute atomic E-state index is 0.174. The van der Waals surface area contributed by atoms with Crippen molar-refractivity contribution in [2.24, 2.45) is 0 Å². The van der Waals surface area contributed by atoms with Crippen molar-refractivity contribution in [1.29, 1.82) is 0 Å². The number of quaternary nitrogens is 1. The van der Waals surface area contributed by atoms with E-state index in [1.807, 2.05) is 0 Å². The Morgan fingerprint density at radius 1 is 1.11 bits per heavy atom. The number of esters is 1. The van der Waals surface area contributed by atoms with E-state index in [2.05, 4.69) is 4.74 Å². The second-order valence-corrected chi connectivity index (χ2v) is 8.20. The second-order valence-electron chi connectivity index (χ2n) is 6.26. The standard InChI is InChI=1S/C18H22N2O6S/c1-24-14-3-6-16(7-4-14)27(22,23)20-11-9-19(10-12-20)13-15-5-8-17(26-15)18(21)25-2/h3-8H,9-13H2,1-2H3/p+1. The summed E-state index contributed by atoms with van der Waals surface area (Å²) in [5, 5.41) is 0. The number of benzene rings is 1. The van der Waals surface area contributed by atoms with Crippen molar-refractivity contribution < 1.29 is 32.0 Å². The van der Waals surface area contributed by atoms with Crippen molar-refractivity contribution in [3.63, 3.8) is 0 Å². The summed E-state index contributed by atoms with van der Waals surface area (Å²) < 4.78 is 42.2. The third-order valence-corrected chi connectivity index (χ3v) is 6.51. The van der Waals surface area contributed by atoms with Crippen LogP contribution in [-0.2, 0) is 21.3 Å². The Labute approximate surface area is 158 Å². The Morgan fingerprint density at radius 2 is 1.78 bits per heavy atom. The molecule has 0 aliphatic carbocycles. The lowest BCUT2D eigenvalue weighted by Crippen LogP contribution is -3.13. The lowest BCUT2D eigenvalue weighted by Gasteiger charge is -2.31. The lowest BCUT2D eigenvalue weighted by atomic mass is 10.3. The zero-order valence-electron chi connectivity index (χ0n) is 15.3. The molecule has 1 aromatic carbocycles. The van der Waals surface area contributed by atoms with Gasteiger partial charge in [-0.25, -0.2) is 13.2 Å². The number of hydrogen-bond acceptors (Lipinski definition) is 6. The number of nitrogens with zero attached hydrogens (tertiary/aromatic N) is 1. The van der Waals surface area contributed by atoms with Crippen LogP contribution in [0.3, 0.4) is 0 Å². The van der Waals surface area contributed by atoms with Gasteiger partial charge in [0.15, 0.2) is 5.76 Å². The molecule has 0 radical (unpaired) electrons. The maximum absolute atomic E-state index is 12.8. The average Bonchev–Trinajstić information content (AvgIpc) is 3.16. The number of hydrogen-bond donors (Lipinski definition) is 1. The Morgan fingerprint density at radius 3 is 2.37 bits per heavy atom. The average molecular weight is 395 g/mol. The van der Waals surface area contributed by atoms with Crippen LogP contribution in [0.15, 0.2) is 45.7 Å². The minimum Gasteiger partial charge on any atom is -0.497 e. The summed E-state index contributed by atoms with van der Waals surface area (Å²) in [6.45, 7) is 2.75. The molecule has 0 atom stereocenters. The Hall–Kier alpha value is -2.36. The fourth-order valence-electron chi connectivity index (χ4n) is 3.05. The van der Waals surface area contributed by atoms with E-state index in [4.69, 9.17) is 9.15 Å². The molecule has 1 saturated heterocycles. The third kappa shape index (κ3) is 4.32. The van der Waals surface area contributed by atoms with Crippen molar-refractivity contribution >= 4 is 16.0 Å². The highest BCUT2D eigenvalue weighted by atomic mass is 32.2. The van der Waals surface area contributed by atoms with Gasteiger partial charge >= 0.3 is 5.97 Å². The summed E-state index contributed by atoms with van der Waals surface area (Å²) in [7, 11) is -0.670. The van der Waals surface area contributed by atoms with Crippen LogP contribution in [0.4, 0.5) is 0 Å². The largest absolute Gasteiger partial charge is 0.497 e. The molecule has 0 amide bonds. The molecule has 2 aromatic rings. The third-order valence-electron chi connectivity index (χ3n) is 4.60. The minimum atomic E-state index is -3.51. The van der Waals surface area contributed by atoms with Crippen molar-refractivity contribution in [2.75, 3.05) is 40.4 Å². The Bertz CT molecular complexity index is 883. The second kappa shape index (κ2) is 8.12. The number of carbonyl (C=O) groups is 1. The Kier molecular flexibility index (Phi) is 5.83. The molecular formula is C18H23N2O6S+. The predicted molar refractivity (Wildman–Crippen MR) is 96.2 cm³/mol. The summed E-state index contributed by atoms with van der Waals surface area (Å²) in [6, 6.07) is 9.74. The molecule has 0 spiro atoms. The monoisotopic (exact) mass is 395 g/mol. The molecule has 1 fully saturated rings. The SMILES string of the molecule is COC(=O)c1ccc(C[NH+]2CCN(S(=O)(=O)c3ccc(OC)cc3)CC2)o1. The number of rotatable bonds is 6. The molecule has 1 aliphatic rings. The van der Waals surface area contributed by atoms with E-state index in [1.54, 1.807) is 43.5 Å². The van der Waals surface area contributed by atoms with Crippen LogP contribution in [0.5, 0.6) is 5.75 Å². The number of piperazine rings is 1. The van der Waals surface area contributed by atoms with Crippen LogP contribution in [0.1, 0.15) is 16.3 Å². The molecule has 27 heavy (non-hydrogen) atoms. The van der Waals surface area contributed by atoms with Crippen molar-refractivity contribution in [3.05, 3.63) is 47.9 Å². The molecule has 1 aliphatic heterocycles. The molecule has 0 unspecified atom stereocenters. The first kappa shape index (κ1) is 19.4. The van der Waals surface area contributed by atoms with Gasteiger partial charge in [-0.2, -0.15) is 4.31 Å². The van der Waals surface area contributed by atoms with Gasteiger partial charge < -0.3 is 18.8 Å². The van der Waals surface area contributed by atoms with Crippen LogP contribution >= 0.6 is 0 Å². The molecule has 9 heteroatoms. The quantitative estimate of drug-likeness (QED) is 0.701. The molecule has 1 N–H and O–H groups in total. The van der Waals surface area contributed by atoms with Crippen LogP contribution < -0.4 is 9.64 Å². The van der Waals surface area contributed by atoms with Gasteiger partial charge in [0.05, 0.1) is 45.3 Å². The summed E-state index contributed by atoms with van der Waals surface area (Å²) in [5.74, 6) is 0.962. The maximum atomic E-state index is 12.8. The molecule has 0 bridgehead atoms. The fourth-order valence-corrected chi connectivity index (χ4v) is 4.49. The molecule has 0 saturated carbocycles. The van der Waals surface area contributed by atoms with E-state index < -0.39 is 16.0 Å². The normalized spacial score (nSPS) is 16.2. The van der Waals surface area contributed by atoms with E-state index in [0.717, 1.165) is 0 Å². The summed E-state index contributed by atoms with van der Waals surface area (Å²) in [5.41, 5.74) is 0. The van der Waals surface area contributed by atoms with E-state index in [0.29, 0.717) is 44.2 Å². The van der Waals surface area contributed by atoms with Gasteiger partial charge in [-0.15, -0.1) is 0 Å². The highest BCUT2D eigenvalue weighted by molar-refractivity contribution is 7.89. The van der Waals surface area contributed by atoms with Gasteiger partial charge in [-0.3, -0.25) is 0 Å². The number of nitrogens with one attached hydrogen (secondary N) is 1. The van der Waals surface area contributed by atoms with E-state index >= 15 is 0 Å². The highest BCUT2D eigenvalue weighted by Gasteiger charge is 2.30. The van der Waals surface area contributed by atoms with E-state index in [9.17, 15) is 13.2 Å². The lowest BCUT2D eigenvalue weighted by molar-refractivity contribution is -0.918. The first-order valence-electron chi connectivity index (χ1n) is 8.59. The van der Waals surface area contributed by atoms with Crippen LogP contribution in [0, 0.1) is 0 Å². The highest BCUT2D eigenvalue weighted by Crippen LogP contribution is 2.19. The first-order valence-corrected chi connectivity index (χ1v) is 10.0. The molecular weight excluding hydrogens is 372 g/mol. The molecule has 8 nitrogen and oxygen atoms in total. The molecule has 2 heterocycles. The number of furan rings is 1. The number of ether oxygens (including phenoxy) is 2. The number of sulfonamides is 1. The molecule has 3 rings (SSSR count). The van der Waals surface area contributed by atoms with Crippen molar-refractivity contribution in [3.8, 4) is 5.75 Å². The van der Waals surface area contributed by atoms with Gasteiger partial charge in [0, 0.05) is 0 Å². The first-order chi connectivity index (χ1) is 12.9. The van der Waals surface area contributed by atoms with E-state index in [1.165, 1.54) is 16.3 Å². The molecule has 146 valence electrons. The molecule has 1 aromatic heterocycles. The van der Waals surface area contributed by atoms with Gasteiger partial charge in [0.2, 0.25) is 15.8 Å². The van der Waals surface area contributed by atoms with Crippen molar-refractivity contribution in [1.82, 2.24) is 4.31 Å². The van der Waals surface area contributed by atoms with Crippen LogP contribution in [0.2, 0.25) is 0 Å². The summed E-state index contributed by atoms with van der Waals surface area (Å²) >= 11 is 0. The van der Waals surface area contributed by atoms with E-state index in [-0.39, 0.29) is 10.7 Å². The predicted octanol–water partition coefficient (Wildman–Crippen LogP) is 0.164. The number of methoxy groups -OCH3 is 2. The van der Waals surface area contributed by atoms with Crippen molar-refractivity contribution in [2.45, 2.75) is 11.4 Å².